The van der Waals surface area contributed by atoms with Crippen molar-refractivity contribution in [3.05, 3.63) is 23.4 Å². The summed E-state index contributed by atoms with van der Waals surface area (Å²) in [4.78, 5) is 4.14. The van der Waals surface area contributed by atoms with E-state index >= 15 is 0 Å². The second-order valence-corrected chi connectivity index (χ2v) is 3.93. The Morgan fingerprint density at radius 2 is 2.43 bits per heavy atom. The summed E-state index contributed by atoms with van der Waals surface area (Å²) in [5, 5.41) is 18.3. The molecule has 1 heterocycles. The Labute approximate surface area is 87.8 Å². The van der Waals surface area contributed by atoms with Crippen molar-refractivity contribution < 1.29 is 5.11 Å². The second kappa shape index (κ2) is 5.63. The van der Waals surface area contributed by atoms with Crippen molar-refractivity contribution in [2.75, 3.05) is 12.4 Å². The van der Waals surface area contributed by atoms with Gasteiger partial charge < -0.3 is 5.11 Å². The molecule has 0 saturated heterocycles. The molecule has 1 aromatic heterocycles. The van der Waals surface area contributed by atoms with E-state index in [2.05, 4.69) is 11.1 Å². The molecule has 0 spiro atoms. The molecule has 0 aliphatic rings. The van der Waals surface area contributed by atoms with E-state index in [1.165, 1.54) is 11.8 Å². The molecule has 0 aliphatic carbocycles. The van der Waals surface area contributed by atoms with Crippen LogP contribution in [0.3, 0.4) is 0 Å². The van der Waals surface area contributed by atoms with Gasteiger partial charge in [-0.2, -0.15) is 5.26 Å². The van der Waals surface area contributed by atoms with Crippen molar-refractivity contribution in [3.8, 4) is 6.07 Å². The van der Waals surface area contributed by atoms with Crippen LogP contribution in [-0.2, 0) is 0 Å². The molecule has 0 aliphatic heterocycles. The lowest BCUT2D eigenvalue weighted by Crippen LogP contribution is -1.92. The number of rotatable bonds is 4. The zero-order chi connectivity index (χ0) is 10.4. The van der Waals surface area contributed by atoms with Crippen molar-refractivity contribution in [1.82, 2.24) is 4.98 Å². The maximum absolute atomic E-state index is 8.90. The molecule has 0 bridgehead atoms. The van der Waals surface area contributed by atoms with Gasteiger partial charge in [0.05, 0.1) is 5.56 Å². The van der Waals surface area contributed by atoms with E-state index < -0.39 is 0 Å². The molecule has 74 valence electrons. The van der Waals surface area contributed by atoms with E-state index in [1.807, 2.05) is 13.0 Å². The number of pyridine rings is 1. The molecule has 0 atom stereocenters. The van der Waals surface area contributed by atoms with Crippen LogP contribution in [0.1, 0.15) is 17.5 Å². The number of nitrogens with zero attached hydrogens (tertiary/aromatic N) is 2. The molecule has 1 rings (SSSR count). The molecule has 4 heteroatoms. The van der Waals surface area contributed by atoms with Crippen LogP contribution in [0.15, 0.2) is 17.3 Å². The van der Waals surface area contributed by atoms with Crippen LogP contribution in [0, 0.1) is 18.3 Å². The third kappa shape index (κ3) is 2.72. The molecule has 14 heavy (non-hydrogen) atoms. The highest BCUT2D eigenvalue weighted by Crippen LogP contribution is 2.22. The Hall–Kier alpha value is -1.05. The SMILES string of the molecule is Cc1ccnc(SCCCO)c1C#N. The quantitative estimate of drug-likeness (QED) is 0.605. The predicted molar refractivity (Wildman–Crippen MR) is 56.1 cm³/mol. The maximum Gasteiger partial charge on any atom is 0.114 e. The molecule has 0 radical (unpaired) electrons. The summed E-state index contributed by atoms with van der Waals surface area (Å²) in [6.45, 7) is 2.08. The van der Waals surface area contributed by atoms with Crippen molar-refractivity contribution >= 4 is 11.8 Å². The topological polar surface area (TPSA) is 56.9 Å². The van der Waals surface area contributed by atoms with Gasteiger partial charge in [0.1, 0.15) is 11.1 Å². The summed E-state index contributed by atoms with van der Waals surface area (Å²) >= 11 is 1.52. The van der Waals surface area contributed by atoms with E-state index in [4.69, 9.17) is 10.4 Å². The molecule has 1 aromatic rings. The fraction of sp³-hybridized carbons (Fsp3) is 0.400. The monoisotopic (exact) mass is 208 g/mol. The number of nitriles is 1. The number of aryl methyl sites for hydroxylation is 1. The van der Waals surface area contributed by atoms with Crippen LogP contribution >= 0.6 is 11.8 Å². The lowest BCUT2D eigenvalue weighted by atomic mass is 10.2. The third-order valence-corrected chi connectivity index (χ3v) is 2.85. The van der Waals surface area contributed by atoms with Crippen LogP contribution in [0.2, 0.25) is 0 Å². The molecule has 0 unspecified atom stereocenters. The molecular weight excluding hydrogens is 196 g/mol. The fourth-order valence-electron chi connectivity index (χ4n) is 1.01. The van der Waals surface area contributed by atoms with Crippen molar-refractivity contribution in [3.63, 3.8) is 0 Å². The van der Waals surface area contributed by atoms with Gasteiger partial charge in [0, 0.05) is 18.6 Å². The van der Waals surface area contributed by atoms with Crippen molar-refractivity contribution in [2.45, 2.75) is 18.4 Å². The highest BCUT2D eigenvalue weighted by atomic mass is 32.2. The Balaban J connectivity index is 2.76. The molecular formula is C10H12N2OS. The Bertz CT molecular complexity index is 346. The lowest BCUT2D eigenvalue weighted by Gasteiger charge is -2.03. The van der Waals surface area contributed by atoms with Gasteiger partial charge in [-0.15, -0.1) is 11.8 Å². The van der Waals surface area contributed by atoms with E-state index in [0.29, 0.717) is 5.56 Å². The number of aromatic nitrogens is 1. The van der Waals surface area contributed by atoms with E-state index in [9.17, 15) is 0 Å². The minimum Gasteiger partial charge on any atom is -0.396 e. The fourth-order valence-corrected chi connectivity index (χ4v) is 1.97. The van der Waals surface area contributed by atoms with Gasteiger partial charge in [-0.25, -0.2) is 4.98 Å². The van der Waals surface area contributed by atoms with Crippen LogP contribution < -0.4 is 0 Å². The van der Waals surface area contributed by atoms with Crippen LogP contribution in [0.5, 0.6) is 0 Å². The van der Waals surface area contributed by atoms with Crippen molar-refractivity contribution in [1.29, 1.82) is 5.26 Å². The zero-order valence-electron chi connectivity index (χ0n) is 8.03. The number of aliphatic hydroxyl groups is 1. The summed E-state index contributed by atoms with van der Waals surface area (Å²) in [7, 11) is 0. The van der Waals surface area contributed by atoms with E-state index in [1.54, 1.807) is 6.20 Å². The molecule has 0 fully saturated rings. The van der Waals surface area contributed by atoms with Gasteiger partial charge in [-0.1, -0.05) is 0 Å². The normalized spacial score (nSPS) is 9.79. The summed E-state index contributed by atoms with van der Waals surface area (Å²) in [6.07, 6.45) is 2.43. The standard InChI is InChI=1S/C10H12N2OS/c1-8-3-4-12-10(9(8)7-11)14-6-2-5-13/h3-4,13H,2,5-6H2,1H3. The minimum absolute atomic E-state index is 0.181. The van der Waals surface area contributed by atoms with Crippen LogP contribution in [0.25, 0.3) is 0 Å². The molecule has 1 N–H and O–H groups in total. The molecule has 3 nitrogen and oxygen atoms in total. The first-order valence-corrected chi connectivity index (χ1v) is 5.37. The summed E-state index contributed by atoms with van der Waals surface area (Å²) < 4.78 is 0. The van der Waals surface area contributed by atoms with Gasteiger partial charge in [-0.05, 0) is 25.0 Å². The van der Waals surface area contributed by atoms with Crippen LogP contribution in [-0.4, -0.2) is 22.5 Å². The van der Waals surface area contributed by atoms with Crippen molar-refractivity contribution in [2.24, 2.45) is 0 Å². The summed E-state index contributed by atoms with van der Waals surface area (Å²) in [5.41, 5.74) is 1.60. The summed E-state index contributed by atoms with van der Waals surface area (Å²) in [5.74, 6) is 0.793. The second-order valence-electron chi connectivity index (χ2n) is 2.85. The largest absolute Gasteiger partial charge is 0.396 e. The van der Waals surface area contributed by atoms with Gasteiger partial charge >= 0.3 is 0 Å². The number of thioether (sulfide) groups is 1. The Morgan fingerprint density at radius 1 is 1.64 bits per heavy atom. The highest BCUT2D eigenvalue weighted by Gasteiger charge is 2.06. The Kier molecular flexibility index (Phi) is 4.44. The molecule has 0 saturated carbocycles. The molecule has 0 amide bonds. The molecule has 0 aromatic carbocycles. The third-order valence-electron chi connectivity index (χ3n) is 1.78. The smallest absolute Gasteiger partial charge is 0.114 e. The maximum atomic E-state index is 8.90. The first-order valence-electron chi connectivity index (χ1n) is 4.39. The number of hydrogen-bond acceptors (Lipinski definition) is 4. The number of aliphatic hydroxyl groups excluding tert-OH is 1. The number of hydrogen-bond donors (Lipinski definition) is 1. The average molecular weight is 208 g/mol. The summed E-state index contributed by atoms with van der Waals surface area (Å²) in [6, 6.07) is 3.97. The van der Waals surface area contributed by atoms with E-state index in [-0.39, 0.29) is 6.61 Å². The van der Waals surface area contributed by atoms with Gasteiger partial charge in [0.25, 0.3) is 0 Å². The van der Waals surface area contributed by atoms with Crippen LogP contribution in [0.4, 0.5) is 0 Å². The predicted octanol–water partition coefficient (Wildman–Crippen LogP) is 1.74. The Morgan fingerprint density at radius 3 is 3.07 bits per heavy atom. The van der Waals surface area contributed by atoms with Gasteiger partial charge in [0.2, 0.25) is 0 Å². The van der Waals surface area contributed by atoms with Gasteiger partial charge in [-0.3, -0.25) is 0 Å². The van der Waals surface area contributed by atoms with Gasteiger partial charge in [0.15, 0.2) is 0 Å². The minimum atomic E-state index is 0.181. The first-order chi connectivity index (χ1) is 6.79. The zero-order valence-corrected chi connectivity index (χ0v) is 8.84. The highest BCUT2D eigenvalue weighted by molar-refractivity contribution is 7.99. The first kappa shape index (κ1) is 11.0. The average Bonchev–Trinajstić information content (AvgIpc) is 2.18. The lowest BCUT2D eigenvalue weighted by molar-refractivity contribution is 0.296. The van der Waals surface area contributed by atoms with E-state index in [0.717, 1.165) is 22.8 Å².